The van der Waals surface area contributed by atoms with Crippen LogP contribution in [0.2, 0.25) is 0 Å². The van der Waals surface area contributed by atoms with Crippen LogP contribution in [0.25, 0.3) is 0 Å². The molecule has 3 aromatic rings. The lowest BCUT2D eigenvalue weighted by atomic mass is 10.2. The Morgan fingerprint density at radius 3 is 0.944 bits per heavy atom. The van der Waals surface area contributed by atoms with Gasteiger partial charge in [0.25, 0.3) is 0 Å². The Morgan fingerprint density at radius 1 is 0.500 bits per heavy atom. The highest BCUT2D eigenvalue weighted by Gasteiger charge is 2.58. The quantitative estimate of drug-likeness (QED) is 0.0512. The van der Waals surface area contributed by atoms with E-state index in [-0.39, 0.29) is 31.9 Å². The van der Waals surface area contributed by atoms with Gasteiger partial charge in [0.1, 0.15) is 34.1 Å². The van der Waals surface area contributed by atoms with Crippen LogP contribution >= 0.6 is 10.3 Å². The summed E-state index contributed by atoms with van der Waals surface area (Å²) < 4.78 is 104. The highest BCUT2D eigenvalue weighted by Crippen LogP contribution is 2.69. The second kappa shape index (κ2) is 16.9. The first kappa shape index (κ1) is 43.9. The van der Waals surface area contributed by atoms with Crippen molar-refractivity contribution in [2.75, 3.05) is 19.8 Å². The number of ether oxygens (including phenoxy) is 6. The highest BCUT2D eigenvalue weighted by molar-refractivity contribution is 8.32. The Bertz CT molecular complexity index is 1670. The lowest BCUT2D eigenvalue weighted by Gasteiger charge is -2.35. The summed E-state index contributed by atoms with van der Waals surface area (Å²) in [6.45, 7) is 13.7. The van der Waals surface area contributed by atoms with E-state index in [0.29, 0.717) is 0 Å². The molecule has 0 aromatic heterocycles. The van der Waals surface area contributed by atoms with Crippen LogP contribution < -0.4 is 14.2 Å². The summed E-state index contributed by atoms with van der Waals surface area (Å²) in [6, 6.07) is 16.2. The SMILES string of the molecule is CC(C)(C)OC(=O)COc1ccc(S([OH+]S(=O)(=O)C(F)(F)F)(c2ccc(OCC(=O)OC(C)(C)C)cc2)c2ccc(OCC(=O)OC(C)(C)C)cc2)cc1. The first-order valence-electron chi connectivity index (χ1n) is 16.4. The van der Waals surface area contributed by atoms with Crippen molar-refractivity contribution < 1.29 is 68.0 Å². The fraction of sp³-hybridized carbons (Fsp3) is 0.432. The zero-order chi connectivity index (χ0) is 40.8. The van der Waals surface area contributed by atoms with Gasteiger partial charge in [0.15, 0.2) is 19.8 Å². The van der Waals surface area contributed by atoms with Gasteiger partial charge in [-0.05, 0) is 135 Å². The summed E-state index contributed by atoms with van der Waals surface area (Å²) >= 11 is 0. The van der Waals surface area contributed by atoms with Gasteiger partial charge in [-0.1, -0.05) is 0 Å². The molecule has 3 rings (SSSR count). The first-order valence-corrected chi connectivity index (χ1v) is 19.5. The van der Waals surface area contributed by atoms with Crippen molar-refractivity contribution in [3.8, 4) is 17.2 Å². The van der Waals surface area contributed by atoms with Gasteiger partial charge >= 0.3 is 33.5 Å². The van der Waals surface area contributed by atoms with Crippen molar-refractivity contribution in [2.24, 2.45) is 0 Å². The Balaban J connectivity index is 2.13. The summed E-state index contributed by atoms with van der Waals surface area (Å²) in [5, 5.41) is 0. The van der Waals surface area contributed by atoms with Crippen LogP contribution in [0, 0.1) is 0 Å². The highest BCUT2D eigenvalue weighted by atomic mass is 32.3. The molecular weight excluding hydrogens is 758 g/mol. The van der Waals surface area contributed by atoms with Crippen LogP contribution in [-0.2, 0) is 38.7 Å². The lowest BCUT2D eigenvalue weighted by Crippen LogP contribution is -2.30. The molecule has 0 aliphatic carbocycles. The number of hydrogen-bond donors (Lipinski definition) is 0. The number of rotatable bonds is 14. The van der Waals surface area contributed by atoms with E-state index < -0.39 is 80.5 Å². The van der Waals surface area contributed by atoms with Crippen molar-refractivity contribution in [3.05, 3.63) is 72.8 Å². The minimum absolute atomic E-state index is 0.0322. The number of halogens is 3. The number of alkyl halides is 3. The molecule has 0 radical (unpaired) electrons. The predicted octanol–water partition coefficient (Wildman–Crippen LogP) is 7.99. The molecule has 0 aliphatic heterocycles. The van der Waals surface area contributed by atoms with E-state index in [1.54, 1.807) is 62.3 Å². The monoisotopic (exact) mass is 803 g/mol. The number of esters is 3. The fourth-order valence-corrected chi connectivity index (χ4v) is 9.42. The zero-order valence-electron chi connectivity index (χ0n) is 31.4. The lowest BCUT2D eigenvalue weighted by molar-refractivity contribution is -0.158. The normalized spacial score (nSPS) is 13.0. The molecule has 0 bridgehead atoms. The molecule has 1 N–H and O–H groups in total. The third kappa shape index (κ3) is 13.1. The Morgan fingerprint density at radius 2 is 0.741 bits per heavy atom. The Hall–Kier alpha value is -4.48. The molecule has 0 unspecified atom stereocenters. The van der Waals surface area contributed by atoms with Gasteiger partial charge in [-0.15, -0.1) is 8.42 Å². The van der Waals surface area contributed by atoms with Gasteiger partial charge in [-0.25, -0.2) is 14.4 Å². The molecule has 54 heavy (non-hydrogen) atoms. The summed E-state index contributed by atoms with van der Waals surface area (Å²) in [5.74, 6) is -1.60. The minimum Gasteiger partial charge on any atom is -0.482 e. The smallest absolute Gasteiger partial charge is 0.482 e. The Kier molecular flexibility index (Phi) is 13.7. The summed E-state index contributed by atoms with van der Waals surface area (Å²) in [5.41, 5.74) is -8.09. The molecule has 17 heteroatoms. The van der Waals surface area contributed by atoms with E-state index >= 15 is 0 Å². The van der Waals surface area contributed by atoms with Gasteiger partial charge in [-0.2, -0.15) is 13.2 Å². The van der Waals surface area contributed by atoms with Crippen molar-refractivity contribution >= 4 is 38.3 Å². The van der Waals surface area contributed by atoms with Gasteiger partial charge in [-0.3, -0.25) is 3.63 Å². The minimum atomic E-state index is -6.16. The van der Waals surface area contributed by atoms with Crippen molar-refractivity contribution in [1.29, 1.82) is 0 Å². The van der Waals surface area contributed by atoms with Crippen LogP contribution in [0.5, 0.6) is 17.2 Å². The maximum atomic E-state index is 14.1. The van der Waals surface area contributed by atoms with Gasteiger partial charge < -0.3 is 28.4 Å². The molecule has 0 spiro atoms. The second-order valence-corrected chi connectivity index (χ2v) is 19.2. The van der Waals surface area contributed by atoms with Gasteiger partial charge in [0.05, 0.1) is 25.0 Å². The molecule has 0 fully saturated rings. The molecular formula is C37H46F3O12S2+. The van der Waals surface area contributed by atoms with E-state index in [9.17, 15) is 36.0 Å². The van der Waals surface area contributed by atoms with Crippen LogP contribution in [0.1, 0.15) is 62.3 Å². The fourth-order valence-electron chi connectivity index (χ4n) is 4.46. The summed E-state index contributed by atoms with van der Waals surface area (Å²) in [4.78, 5) is 36.8. The van der Waals surface area contributed by atoms with E-state index in [2.05, 4.69) is 3.63 Å². The van der Waals surface area contributed by atoms with Crippen LogP contribution in [0.15, 0.2) is 87.5 Å². The standard InChI is InChI=1S/C37H45F3O12S2/c1-34(2,3)49-31(41)22-46-25-10-16-28(17-11-25)53(52-54(44,45)37(38,39)40,29-18-12-26(13-19-29)47-23-32(42)50-35(4,5)6)30-20-14-27(15-21-30)48-24-33(43)51-36(7,8)9/h10-21H,22-24H2,1-9H3/p+1. The average molecular weight is 804 g/mol. The average Bonchev–Trinajstić information content (AvgIpc) is 3.02. The molecule has 298 valence electrons. The number of carbonyl (C=O) groups excluding carboxylic acids is 3. The third-order valence-electron chi connectivity index (χ3n) is 6.33. The topological polar surface area (TPSA) is 154 Å². The molecule has 12 nitrogen and oxygen atoms in total. The van der Waals surface area contributed by atoms with E-state index in [4.69, 9.17) is 28.4 Å². The summed E-state index contributed by atoms with van der Waals surface area (Å²) in [7, 11) is -9.88. The van der Waals surface area contributed by atoms with Gasteiger partial charge in [0.2, 0.25) is 0 Å². The second-order valence-electron chi connectivity index (χ2n) is 14.6. The van der Waals surface area contributed by atoms with Gasteiger partial charge in [0, 0.05) is 0 Å². The van der Waals surface area contributed by atoms with Crippen LogP contribution in [-0.4, -0.2) is 72.1 Å². The zero-order valence-corrected chi connectivity index (χ0v) is 33.1. The molecule has 0 atom stereocenters. The molecule has 0 saturated heterocycles. The third-order valence-corrected chi connectivity index (χ3v) is 11.5. The number of hydrogen-bond acceptors (Lipinski definition) is 11. The molecule has 0 amide bonds. The molecule has 0 saturated carbocycles. The molecule has 0 heterocycles. The van der Waals surface area contributed by atoms with Crippen molar-refractivity contribution in [3.63, 3.8) is 0 Å². The van der Waals surface area contributed by atoms with E-state index in [0.717, 1.165) is 0 Å². The van der Waals surface area contributed by atoms with Crippen LogP contribution in [0.4, 0.5) is 13.2 Å². The largest absolute Gasteiger partial charge is 0.572 e. The van der Waals surface area contributed by atoms with E-state index in [1.165, 1.54) is 72.8 Å². The maximum Gasteiger partial charge on any atom is 0.572 e. The number of benzene rings is 3. The Labute approximate surface area is 314 Å². The first-order chi connectivity index (χ1) is 24.7. The maximum absolute atomic E-state index is 14.1. The predicted molar refractivity (Wildman–Crippen MR) is 193 cm³/mol. The van der Waals surface area contributed by atoms with E-state index in [1.807, 2.05) is 0 Å². The van der Waals surface area contributed by atoms with Crippen molar-refractivity contribution in [2.45, 2.75) is 99.3 Å². The van der Waals surface area contributed by atoms with Crippen LogP contribution in [0.3, 0.4) is 0 Å². The van der Waals surface area contributed by atoms with Crippen molar-refractivity contribution in [1.82, 2.24) is 0 Å². The summed E-state index contributed by atoms with van der Waals surface area (Å²) in [6.07, 6.45) is 0. The molecule has 3 aromatic carbocycles. The number of carbonyl (C=O) groups is 3. The molecule has 0 aliphatic rings.